The molecule has 0 aliphatic heterocycles. The molecule has 1 aliphatic rings. The van der Waals surface area contributed by atoms with E-state index in [9.17, 15) is 14.4 Å². The van der Waals surface area contributed by atoms with Crippen LogP contribution in [0.15, 0.2) is 18.3 Å². The van der Waals surface area contributed by atoms with E-state index in [0.717, 1.165) is 0 Å². The summed E-state index contributed by atoms with van der Waals surface area (Å²) in [5, 5.41) is 9.04. The zero-order chi connectivity index (χ0) is 14.0. The number of amides is 2. The van der Waals surface area contributed by atoms with E-state index < -0.39 is 29.6 Å². The first kappa shape index (κ1) is 13.1. The summed E-state index contributed by atoms with van der Waals surface area (Å²) in [5.74, 6) is -3.25. The molecule has 0 spiro atoms. The highest BCUT2D eigenvalue weighted by molar-refractivity contribution is 5.94. The highest BCUT2D eigenvalue weighted by Crippen LogP contribution is 2.32. The molecule has 1 aromatic rings. The lowest BCUT2D eigenvalue weighted by Crippen LogP contribution is -2.35. The molecular formula is C12H15N3O4. The van der Waals surface area contributed by atoms with Crippen molar-refractivity contribution in [1.29, 1.82) is 0 Å². The standard InChI is InChI=1S/C12H15N3O4/c13-10(16)9-5-2-6-15(9)14-11(17)7-3-1-4-8(7)12(18)19/h2,5-8H,1,3-4H2,(H2,13,16)(H,14,17)(H,18,19). The van der Waals surface area contributed by atoms with E-state index >= 15 is 0 Å². The van der Waals surface area contributed by atoms with E-state index in [0.29, 0.717) is 19.3 Å². The Labute approximate surface area is 109 Å². The number of nitrogens with zero attached hydrogens (tertiary/aromatic N) is 1. The van der Waals surface area contributed by atoms with Crippen LogP contribution in [0.3, 0.4) is 0 Å². The van der Waals surface area contributed by atoms with Crippen LogP contribution in [0.5, 0.6) is 0 Å². The first-order chi connectivity index (χ1) is 9.00. The molecule has 1 fully saturated rings. The molecule has 1 aromatic heterocycles. The Morgan fingerprint density at radius 1 is 1.32 bits per heavy atom. The van der Waals surface area contributed by atoms with Crippen LogP contribution in [0.2, 0.25) is 0 Å². The van der Waals surface area contributed by atoms with E-state index in [4.69, 9.17) is 10.8 Å². The highest BCUT2D eigenvalue weighted by Gasteiger charge is 2.38. The fraction of sp³-hybridized carbons (Fsp3) is 0.417. The maximum Gasteiger partial charge on any atom is 0.307 e. The summed E-state index contributed by atoms with van der Waals surface area (Å²) in [7, 11) is 0. The maximum atomic E-state index is 12.1. The van der Waals surface area contributed by atoms with Crippen molar-refractivity contribution in [3.63, 3.8) is 0 Å². The lowest BCUT2D eigenvalue weighted by Gasteiger charge is -2.17. The summed E-state index contributed by atoms with van der Waals surface area (Å²) >= 11 is 0. The molecule has 7 nitrogen and oxygen atoms in total. The molecule has 0 radical (unpaired) electrons. The Morgan fingerprint density at radius 2 is 2.00 bits per heavy atom. The molecule has 19 heavy (non-hydrogen) atoms. The van der Waals surface area contributed by atoms with Gasteiger partial charge < -0.3 is 10.8 Å². The quantitative estimate of drug-likeness (QED) is 0.719. The normalized spacial score (nSPS) is 22.1. The summed E-state index contributed by atoms with van der Waals surface area (Å²) in [4.78, 5) is 34.2. The fourth-order valence-corrected chi connectivity index (χ4v) is 2.45. The third-order valence-corrected chi connectivity index (χ3v) is 3.40. The second-order valence-electron chi connectivity index (χ2n) is 4.59. The fourth-order valence-electron chi connectivity index (χ4n) is 2.45. The van der Waals surface area contributed by atoms with E-state index in [1.165, 1.54) is 16.9 Å². The molecular weight excluding hydrogens is 250 g/mol. The number of hydrogen-bond donors (Lipinski definition) is 3. The zero-order valence-electron chi connectivity index (χ0n) is 10.2. The second kappa shape index (κ2) is 5.13. The zero-order valence-corrected chi connectivity index (χ0v) is 10.2. The third kappa shape index (κ3) is 2.59. The smallest absolute Gasteiger partial charge is 0.307 e. The van der Waals surface area contributed by atoms with Gasteiger partial charge in [0.1, 0.15) is 5.69 Å². The number of aromatic nitrogens is 1. The van der Waals surface area contributed by atoms with Crippen molar-refractivity contribution in [2.24, 2.45) is 17.6 Å². The number of carboxylic acids is 1. The molecule has 2 rings (SSSR count). The average molecular weight is 265 g/mol. The van der Waals surface area contributed by atoms with Crippen molar-refractivity contribution in [1.82, 2.24) is 4.68 Å². The number of nitrogens with one attached hydrogen (secondary N) is 1. The molecule has 2 atom stereocenters. The topological polar surface area (TPSA) is 114 Å². The average Bonchev–Trinajstić information content (AvgIpc) is 2.96. The molecule has 0 saturated heterocycles. The van der Waals surface area contributed by atoms with Gasteiger partial charge >= 0.3 is 5.97 Å². The van der Waals surface area contributed by atoms with Gasteiger partial charge in [-0.05, 0) is 25.0 Å². The van der Waals surface area contributed by atoms with Crippen molar-refractivity contribution in [2.45, 2.75) is 19.3 Å². The van der Waals surface area contributed by atoms with Crippen LogP contribution in [-0.4, -0.2) is 27.6 Å². The summed E-state index contributed by atoms with van der Waals surface area (Å²) < 4.78 is 1.22. The molecule has 7 heteroatoms. The molecule has 1 heterocycles. The van der Waals surface area contributed by atoms with E-state index in [1.54, 1.807) is 6.07 Å². The van der Waals surface area contributed by atoms with Gasteiger partial charge in [-0.1, -0.05) is 6.42 Å². The predicted molar refractivity (Wildman–Crippen MR) is 65.8 cm³/mol. The molecule has 2 amide bonds. The minimum atomic E-state index is -0.958. The first-order valence-corrected chi connectivity index (χ1v) is 6.01. The van der Waals surface area contributed by atoms with Crippen molar-refractivity contribution < 1.29 is 19.5 Å². The van der Waals surface area contributed by atoms with E-state index in [2.05, 4.69) is 5.43 Å². The van der Waals surface area contributed by atoms with Crippen LogP contribution in [-0.2, 0) is 9.59 Å². The first-order valence-electron chi connectivity index (χ1n) is 6.01. The summed E-state index contributed by atoms with van der Waals surface area (Å²) in [6.07, 6.45) is 3.24. The number of carboxylic acid groups (broad SMARTS) is 1. The Morgan fingerprint density at radius 3 is 2.63 bits per heavy atom. The highest BCUT2D eigenvalue weighted by atomic mass is 16.4. The van der Waals surface area contributed by atoms with Crippen molar-refractivity contribution in [3.8, 4) is 0 Å². The lowest BCUT2D eigenvalue weighted by atomic mass is 9.96. The number of hydrogen-bond acceptors (Lipinski definition) is 3. The Hall–Kier alpha value is -2.31. The van der Waals surface area contributed by atoms with Crippen LogP contribution < -0.4 is 11.2 Å². The number of carbonyl (C=O) groups excluding carboxylic acids is 2. The number of primary amides is 1. The minimum absolute atomic E-state index is 0.151. The van der Waals surface area contributed by atoms with Crippen molar-refractivity contribution >= 4 is 17.8 Å². The van der Waals surface area contributed by atoms with Gasteiger partial charge in [-0.2, -0.15) is 0 Å². The van der Waals surface area contributed by atoms with Gasteiger partial charge in [0, 0.05) is 6.20 Å². The number of carbonyl (C=O) groups is 3. The largest absolute Gasteiger partial charge is 0.481 e. The van der Waals surface area contributed by atoms with Gasteiger partial charge in [-0.3, -0.25) is 24.5 Å². The molecule has 0 bridgehead atoms. The van der Waals surface area contributed by atoms with Crippen molar-refractivity contribution in [2.75, 3.05) is 5.43 Å². The molecule has 1 saturated carbocycles. The van der Waals surface area contributed by atoms with Gasteiger partial charge in [0.15, 0.2) is 0 Å². The summed E-state index contributed by atoms with van der Waals surface area (Å²) in [5.41, 5.74) is 7.82. The molecule has 102 valence electrons. The number of rotatable bonds is 4. The van der Waals surface area contributed by atoms with E-state index in [-0.39, 0.29) is 5.69 Å². The van der Waals surface area contributed by atoms with Gasteiger partial charge in [0.2, 0.25) is 5.91 Å². The molecule has 0 aromatic carbocycles. The Kier molecular flexibility index (Phi) is 3.55. The van der Waals surface area contributed by atoms with Gasteiger partial charge in [0.25, 0.3) is 5.91 Å². The number of aliphatic carboxylic acids is 1. The number of nitrogens with two attached hydrogens (primary N) is 1. The maximum absolute atomic E-state index is 12.1. The van der Waals surface area contributed by atoms with Crippen LogP contribution in [0.25, 0.3) is 0 Å². The Bertz CT molecular complexity index is 523. The van der Waals surface area contributed by atoms with E-state index in [1.807, 2.05) is 0 Å². The lowest BCUT2D eigenvalue weighted by molar-refractivity contribution is -0.145. The van der Waals surface area contributed by atoms with Gasteiger partial charge in [0.05, 0.1) is 11.8 Å². The summed E-state index contributed by atoms with van der Waals surface area (Å²) in [6, 6.07) is 3.05. The summed E-state index contributed by atoms with van der Waals surface area (Å²) in [6.45, 7) is 0. The Balaban J connectivity index is 2.11. The molecule has 4 N–H and O–H groups in total. The van der Waals surface area contributed by atoms with Crippen molar-refractivity contribution in [3.05, 3.63) is 24.0 Å². The van der Waals surface area contributed by atoms with Crippen LogP contribution in [0, 0.1) is 11.8 Å². The monoisotopic (exact) mass is 265 g/mol. The van der Waals surface area contributed by atoms with Crippen LogP contribution in [0.4, 0.5) is 0 Å². The van der Waals surface area contributed by atoms with Crippen LogP contribution in [0.1, 0.15) is 29.8 Å². The predicted octanol–water partition coefficient (Wildman–Crippen LogP) is 0.158. The van der Waals surface area contributed by atoms with Crippen LogP contribution >= 0.6 is 0 Å². The molecule has 2 unspecified atom stereocenters. The minimum Gasteiger partial charge on any atom is -0.481 e. The third-order valence-electron chi connectivity index (χ3n) is 3.40. The van der Waals surface area contributed by atoms with Gasteiger partial charge in [-0.15, -0.1) is 0 Å². The second-order valence-corrected chi connectivity index (χ2v) is 4.59. The SMILES string of the molecule is NC(=O)c1cccn1NC(=O)C1CCCC1C(=O)O. The van der Waals surface area contributed by atoms with Gasteiger partial charge in [-0.25, -0.2) is 0 Å². The molecule has 1 aliphatic carbocycles.